The van der Waals surface area contributed by atoms with Crippen LogP contribution in [0, 0.1) is 5.92 Å². The smallest absolute Gasteiger partial charge is 0.341 e. The fraction of sp³-hybridized carbons (Fsp3) is 0.478. The van der Waals surface area contributed by atoms with E-state index in [1.165, 1.54) is 6.20 Å². The van der Waals surface area contributed by atoms with Gasteiger partial charge in [-0.1, -0.05) is 13.8 Å². The lowest BCUT2D eigenvalue weighted by Gasteiger charge is -2.35. The second-order valence-electron chi connectivity index (χ2n) is 8.47. The average Bonchev–Trinajstić information content (AvgIpc) is 3.05. The number of pyridine rings is 1. The molecule has 2 aromatic rings. The van der Waals surface area contributed by atoms with Crippen LogP contribution in [0.3, 0.4) is 0 Å². The van der Waals surface area contributed by atoms with Gasteiger partial charge in [-0.05, 0) is 24.0 Å². The molecule has 0 aliphatic carbocycles. The Balaban J connectivity index is 1.94. The number of carbonyl (C=O) groups is 1. The van der Waals surface area contributed by atoms with Gasteiger partial charge < -0.3 is 23.9 Å². The summed E-state index contributed by atoms with van der Waals surface area (Å²) in [6.45, 7) is 3.86. The quantitative estimate of drug-likeness (QED) is 0.646. The Hall–Kier alpha value is -2.94. The molecule has 0 fully saturated rings. The van der Waals surface area contributed by atoms with Gasteiger partial charge >= 0.3 is 11.9 Å². The van der Waals surface area contributed by atoms with Gasteiger partial charge in [-0.3, -0.25) is 4.79 Å². The van der Waals surface area contributed by atoms with Crippen molar-refractivity contribution in [2.24, 2.45) is 5.92 Å². The van der Waals surface area contributed by atoms with E-state index in [9.17, 15) is 14.7 Å². The third kappa shape index (κ3) is 3.64. The average molecular weight is 449 g/mol. The summed E-state index contributed by atoms with van der Waals surface area (Å²) in [5, 5.41) is 9.40. The molecule has 7 nitrogen and oxygen atoms in total. The highest BCUT2D eigenvalue weighted by molar-refractivity contribution is 5.88. The molecular formula is C23H25F2NO6. The molecule has 1 N–H and O–H groups in total. The summed E-state index contributed by atoms with van der Waals surface area (Å²) < 4.78 is 47.8. The largest absolute Gasteiger partial charge is 0.490 e. The second-order valence-corrected chi connectivity index (χ2v) is 8.47. The van der Waals surface area contributed by atoms with Gasteiger partial charge in [0.1, 0.15) is 5.56 Å². The molecule has 2 aliphatic rings. The molecule has 0 bridgehead atoms. The Morgan fingerprint density at radius 2 is 2.09 bits per heavy atom. The molecule has 3 heterocycles. The Labute approximate surface area is 183 Å². The van der Waals surface area contributed by atoms with Gasteiger partial charge in [0.15, 0.2) is 23.5 Å². The molecule has 9 heteroatoms. The standard InChI is InChI=1S/C23H25F2NO6/c1-12(2)15-7-13-8-18(31-6-4-5-30-3)21-20(23(24,25)11-32-21)19(13)16-9-17(27)14(22(28)29)10-26(15)16/h8-10,12,15H,4-7,11H2,1-3H3,(H,28,29). The molecule has 0 spiro atoms. The van der Waals surface area contributed by atoms with Crippen molar-refractivity contribution in [1.29, 1.82) is 0 Å². The van der Waals surface area contributed by atoms with E-state index in [0.29, 0.717) is 25.0 Å². The van der Waals surface area contributed by atoms with Crippen LogP contribution in [0.1, 0.15) is 47.8 Å². The fourth-order valence-corrected chi connectivity index (χ4v) is 4.43. The topological polar surface area (TPSA) is 87.0 Å². The van der Waals surface area contributed by atoms with Crippen LogP contribution in [0.15, 0.2) is 23.1 Å². The minimum absolute atomic E-state index is 0.0320. The maximum atomic E-state index is 15.0. The van der Waals surface area contributed by atoms with Crippen molar-refractivity contribution in [2.75, 3.05) is 26.9 Å². The summed E-state index contributed by atoms with van der Waals surface area (Å²) in [4.78, 5) is 24.0. The van der Waals surface area contributed by atoms with Crippen LogP contribution >= 0.6 is 0 Å². The molecule has 1 unspecified atom stereocenters. The Morgan fingerprint density at radius 3 is 2.75 bits per heavy atom. The van der Waals surface area contributed by atoms with Gasteiger partial charge in [-0.25, -0.2) is 4.79 Å². The van der Waals surface area contributed by atoms with Gasteiger partial charge in [0, 0.05) is 44.0 Å². The summed E-state index contributed by atoms with van der Waals surface area (Å²) in [7, 11) is 1.57. The molecular weight excluding hydrogens is 424 g/mol. The summed E-state index contributed by atoms with van der Waals surface area (Å²) in [6, 6.07) is 2.63. The molecule has 2 aliphatic heterocycles. The van der Waals surface area contributed by atoms with E-state index in [1.807, 2.05) is 13.8 Å². The maximum Gasteiger partial charge on any atom is 0.341 e. The fourth-order valence-electron chi connectivity index (χ4n) is 4.43. The Morgan fingerprint density at radius 1 is 1.34 bits per heavy atom. The number of carboxylic acid groups (broad SMARTS) is 1. The normalized spacial score (nSPS) is 18.0. The molecule has 0 amide bonds. The van der Waals surface area contributed by atoms with Crippen molar-refractivity contribution in [2.45, 2.75) is 38.7 Å². The molecule has 0 radical (unpaired) electrons. The van der Waals surface area contributed by atoms with E-state index in [4.69, 9.17) is 14.2 Å². The van der Waals surface area contributed by atoms with Crippen LogP contribution in [0.25, 0.3) is 11.3 Å². The number of carboxylic acids is 1. The molecule has 1 aromatic heterocycles. The number of benzene rings is 1. The first kappa shape index (κ1) is 22.3. The first-order chi connectivity index (χ1) is 15.2. The van der Waals surface area contributed by atoms with Crippen molar-refractivity contribution in [1.82, 2.24) is 4.57 Å². The zero-order chi connectivity index (χ0) is 23.2. The lowest BCUT2D eigenvalue weighted by molar-refractivity contribution is -0.0212. The molecule has 0 saturated carbocycles. The molecule has 0 saturated heterocycles. The molecule has 4 rings (SSSR count). The van der Waals surface area contributed by atoms with Crippen LogP contribution in [-0.4, -0.2) is 42.6 Å². The van der Waals surface area contributed by atoms with E-state index in [1.54, 1.807) is 17.7 Å². The number of aromatic nitrogens is 1. The van der Waals surface area contributed by atoms with E-state index >= 15 is 8.78 Å². The van der Waals surface area contributed by atoms with E-state index in [-0.39, 0.29) is 52.4 Å². The molecule has 172 valence electrons. The third-order valence-corrected chi connectivity index (χ3v) is 5.96. The number of rotatable bonds is 7. The van der Waals surface area contributed by atoms with Crippen LogP contribution < -0.4 is 14.9 Å². The monoisotopic (exact) mass is 449 g/mol. The van der Waals surface area contributed by atoms with Crippen LogP contribution in [0.4, 0.5) is 8.78 Å². The van der Waals surface area contributed by atoms with Crippen LogP contribution in [0.2, 0.25) is 0 Å². The highest BCUT2D eigenvalue weighted by atomic mass is 19.3. The van der Waals surface area contributed by atoms with Crippen LogP contribution in [0.5, 0.6) is 11.5 Å². The van der Waals surface area contributed by atoms with Gasteiger partial charge in [0.25, 0.3) is 0 Å². The predicted molar refractivity (Wildman–Crippen MR) is 112 cm³/mol. The predicted octanol–water partition coefficient (Wildman–Crippen LogP) is 3.87. The summed E-state index contributed by atoms with van der Waals surface area (Å²) >= 11 is 0. The number of hydrogen-bond donors (Lipinski definition) is 1. The van der Waals surface area contributed by atoms with Crippen molar-refractivity contribution < 1.29 is 32.9 Å². The number of ether oxygens (including phenoxy) is 3. The number of methoxy groups -OCH3 is 1. The summed E-state index contributed by atoms with van der Waals surface area (Å²) in [6.07, 6.45) is 2.24. The van der Waals surface area contributed by atoms with Crippen LogP contribution in [-0.2, 0) is 17.1 Å². The Kier molecular flexibility index (Phi) is 5.70. The SMILES string of the molecule is COCCCOc1cc2c(c3c1OCC3(F)F)-c1cc(=O)c(C(=O)O)cn1C(C(C)C)C2. The van der Waals surface area contributed by atoms with Crippen molar-refractivity contribution >= 4 is 5.97 Å². The third-order valence-electron chi connectivity index (χ3n) is 5.96. The van der Waals surface area contributed by atoms with E-state index in [2.05, 4.69) is 0 Å². The lowest BCUT2D eigenvalue weighted by atomic mass is 9.83. The van der Waals surface area contributed by atoms with E-state index < -0.39 is 23.9 Å². The first-order valence-electron chi connectivity index (χ1n) is 10.5. The van der Waals surface area contributed by atoms with Gasteiger partial charge in [-0.2, -0.15) is 8.78 Å². The lowest BCUT2D eigenvalue weighted by Crippen LogP contribution is -2.29. The zero-order valence-electron chi connectivity index (χ0n) is 18.1. The zero-order valence-corrected chi connectivity index (χ0v) is 18.1. The van der Waals surface area contributed by atoms with Crippen molar-refractivity contribution in [3.05, 3.63) is 45.2 Å². The Bertz CT molecular complexity index is 1120. The maximum absolute atomic E-state index is 15.0. The minimum atomic E-state index is -3.28. The number of hydrogen-bond acceptors (Lipinski definition) is 5. The van der Waals surface area contributed by atoms with Gasteiger partial charge in [0.05, 0.1) is 17.9 Å². The summed E-state index contributed by atoms with van der Waals surface area (Å²) in [5.41, 5.74) is -0.312. The van der Waals surface area contributed by atoms with Crippen molar-refractivity contribution in [3.63, 3.8) is 0 Å². The highest BCUT2D eigenvalue weighted by Gasteiger charge is 2.48. The number of nitrogens with zero attached hydrogens (tertiary/aromatic N) is 1. The molecule has 1 atom stereocenters. The summed E-state index contributed by atoms with van der Waals surface area (Å²) in [5.74, 6) is -4.36. The highest BCUT2D eigenvalue weighted by Crippen LogP contribution is 2.54. The van der Waals surface area contributed by atoms with Crippen molar-refractivity contribution in [3.8, 4) is 22.8 Å². The second kappa shape index (κ2) is 8.20. The molecule has 32 heavy (non-hydrogen) atoms. The number of alkyl halides is 2. The van der Waals surface area contributed by atoms with E-state index in [0.717, 1.165) is 6.07 Å². The number of fused-ring (bicyclic) bond motifs is 5. The minimum Gasteiger partial charge on any atom is -0.490 e. The molecule has 1 aromatic carbocycles. The van der Waals surface area contributed by atoms with Gasteiger partial charge in [0.2, 0.25) is 0 Å². The first-order valence-corrected chi connectivity index (χ1v) is 10.5. The van der Waals surface area contributed by atoms with Gasteiger partial charge in [-0.15, -0.1) is 0 Å². The number of halogens is 2. The number of aromatic carboxylic acids is 1.